The summed E-state index contributed by atoms with van der Waals surface area (Å²) >= 11 is 0. The summed E-state index contributed by atoms with van der Waals surface area (Å²) in [5.41, 5.74) is 12.6. The van der Waals surface area contributed by atoms with Crippen molar-refractivity contribution in [3.63, 3.8) is 0 Å². The molecule has 0 fully saturated rings. The van der Waals surface area contributed by atoms with Gasteiger partial charge in [0.2, 0.25) is 0 Å². The highest BCUT2D eigenvalue weighted by atomic mass is 14.7. The van der Waals surface area contributed by atoms with Crippen molar-refractivity contribution < 1.29 is 0 Å². The monoisotopic (exact) mass is 338 g/mol. The van der Waals surface area contributed by atoms with E-state index < -0.39 is 0 Å². The third-order valence-electron chi connectivity index (χ3n) is 5.69. The molecule has 3 rings (SSSR count). The standard InChI is InChI=1S/C23H34N2/c1-2-3-4-5-6-7-8-9-12-18-15-16-22-20(17-18)23(24)19-13-10-11-14-21(19)25-22/h15-17H,2-14H2,1H3,(H2,24,25). The van der Waals surface area contributed by atoms with Crippen molar-refractivity contribution in [1.29, 1.82) is 0 Å². The summed E-state index contributed by atoms with van der Waals surface area (Å²) in [6.07, 6.45) is 16.9. The van der Waals surface area contributed by atoms with E-state index in [1.54, 1.807) is 0 Å². The Morgan fingerprint density at radius 2 is 1.64 bits per heavy atom. The molecule has 1 heterocycles. The lowest BCUT2D eigenvalue weighted by molar-refractivity contribution is 0.575. The quantitative estimate of drug-likeness (QED) is 0.539. The lowest BCUT2D eigenvalue weighted by atomic mass is 9.92. The van der Waals surface area contributed by atoms with Crippen LogP contribution in [0.4, 0.5) is 5.69 Å². The normalized spacial score (nSPS) is 14.0. The van der Waals surface area contributed by atoms with Gasteiger partial charge in [-0.2, -0.15) is 0 Å². The average molecular weight is 339 g/mol. The highest BCUT2D eigenvalue weighted by Crippen LogP contribution is 2.31. The van der Waals surface area contributed by atoms with Gasteiger partial charge in [-0.1, -0.05) is 57.9 Å². The summed E-state index contributed by atoms with van der Waals surface area (Å²) in [6, 6.07) is 6.74. The summed E-state index contributed by atoms with van der Waals surface area (Å²) < 4.78 is 0. The summed E-state index contributed by atoms with van der Waals surface area (Å²) in [5, 5.41) is 1.18. The Labute approximate surface area is 153 Å². The van der Waals surface area contributed by atoms with Crippen LogP contribution in [-0.4, -0.2) is 4.98 Å². The lowest BCUT2D eigenvalue weighted by Crippen LogP contribution is -2.09. The largest absolute Gasteiger partial charge is 0.398 e. The van der Waals surface area contributed by atoms with Gasteiger partial charge >= 0.3 is 0 Å². The van der Waals surface area contributed by atoms with E-state index in [9.17, 15) is 0 Å². The number of aromatic nitrogens is 1. The van der Waals surface area contributed by atoms with E-state index in [4.69, 9.17) is 10.7 Å². The maximum absolute atomic E-state index is 6.50. The molecule has 0 amide bonds. The fraction of sp³-hybridized carbons (Fsp3) is 0.609. The van der Waals surface area contributed by atoms with Crippen LogP contribution in [0.25, 0.3) is 10.9 Å². The molecule has 136 valence electrons. The molecule has 2 aromatic rings. The molecule has 1 aromatic heterocycles. The number of hydrogen-bond acceptors (Lipinski definition) is 2. The topological polar surface area (TPSA) is 38.9 Å². The smallest absolute Gasteiger partial charge is 0.0726 e. The number of aryl methyl sites for hydroxylation is 2. The highest BCUT2D eigenvalue weighted by Gasteiger charge is 2.16. The zero-order valence-corrected chi connectivity index (χ0v) is 15.9. The molecule has 0 radical (unpaired) electrons. The van der Waals surface area contributed by atoms with Crippen LogP contribution in [-0.2, 0) is 19.3 Å². The van der Waals surface area contributed by atoms with E-state index in [-0.39, 0.29) is 0 Å². The van der Waals surface area contributed by atoms with Gasteiger partial charge in [0.25, 0.3) is 0 Å². The van der Waals surface area contributed by atoms with Crippen LogP contribution in [0, 0.1) is 0 Å². The van der Waals surface area contributed by atoms with E-state index in [0.717, 1.165) is 24.0 Å². The molecule has 0 unspecified atom stereocenters. The van der Waals surface area contributed by atoms with Crippen LogP contribution in [0.15, 0.2) is 18.2 Å². The number of pyridine rings is 1. The first kappa shape index (κ1) is 18.2. The van der Waals surface area contributed by atoms with Gasteiger partial charge in [-0.3, -0.25) is 4.98 Å². The van der Waals surface area contributed by atoms with E-state index >= 15 is 0 Å². The van der Waals surface area contributed by atoms with E-state index in [0.29, 0.717) is 0 Å². The number of unbranched alkanes of at least 4 members (excludes halogenated alkanes) is 7. The van der Waals surface area contributed by atoms with Crippen molar-refractivity contribution >= 4 is 16.6 Å². The Balaban J connectivity index is 1.55. The Kier molecular flexibility index (Phi) is 6.72. The Hall–Kier alpha value is -1.57. The van der Waals surface area contributed by atoms with Gasteiger partial charge in [0.1, 0.15) is 0 Å². The van der Waals surface area contributed by atoms with Crippen LogP contribution in [0.1, 0.15) is 88.0 Å². The van der Waals surface area contributed by atoms with Crippen molar-refractivity contribution in [3.8, 4) is 0 Å². The minimum atomic E-state index is 0.998. The summed E-state index contributed by atoms with van der Waals surface area (Å²) in [6.45, 7) is 2.28. The third-order valence-corrected chi connectivity index (χ3v) is 5.69. The molecule has 0 bridgehead atoms. The van der Waals surface area contributed by atoms with Crippen LogP contribution in [0.5, 0.6) is 0 Å². The molecule has 0 saturated carbocycles. The summed E-state index contributed by atoms with van der Waals surface area (Å²) in [5.74, 6) is 0. The first-order valence-corrected chi connectivity index (χ1v) is 10.5. The second kappa shape index (κ2) is 9.22. The summed E-state index contributed by atoms with van der Waals surface area (Å²) in [7, 11) is 0. The van der Waals surface area contributed by atoms with Crippen LogP contribution in [0.3, 0.4) is 0 Å². The predicted octanol–water partition coefficient (Wildman–Crippen LogP) is 6.38. The SMILES string of the molecule is CCCCCCCCCCc1ccc2nc3c(c(N)c2c1)CCCC3. The molecule has 1 aliphatic carbocycles. The molecule has 1 aliphatic rings. The van der Waals surface area contributed by atoms with Gasteiger partial charge in [0, 0.05) is 16.8 Å². The van der Waals surface area contributed by atoms with Crippen molar-refractivity contribution in [2.45, 2.75) is 90.4 Å². The average Bonchev–Trinajstić information content (AvgIpc) is 2.64. The molecule has 0 saturated heterocycles. The first-order chi connectivity index (χ1) is 12.3. The number of nitrogens with zero attached hydrogens (tertiary/aromatic N) is 1. The first-order valence-electron chi connectivity index (χ1n) is 10.5. The van der Waals surface area contributed by atoms with Gasteiger partial charge in [-0.25, -0.2) is 0 Å². The maximum atomic E-state index is 6.50. The Morgan fingerprint density at radius 3 is 2.44 bits per heavy atom. The zero-order chi connectivity index (χ0) is 17.5. The van der Waals surface area contributed by atoms with Crippen LogP contribution < -0.4 is 5.73 Å². The summed E-state index contributed by atoms with van der Waals surface area (Å²) in [4.78, 5) is 4.88. The fourth-order valence-corrected chi connectivity index (χ4v) is 4.13. The Bertz CT molecular complexity index is 690. The predicted molar refractivity (Wildman–Crippen MR) is 109 cm³/mol. The van der Waals surface area contributed by atoms with Gasteiger partial charge in [-0.05, 0) is 61.8 Å². The van der Waals surface area contributed by atoms with Crippen LogP contribution in [0.2, 0.25) is 0 Å². The third kappa shape index (κ3) is 4.74. The van der Waals surface area contributed by atoms with Gasteiger partial charge < -0.3 is 5.73 Å². The molecule has 25 heavy (non-hydrogen) atoms. The van der Waals surface area contributed by atoms with Gasteiger partial charge in [0.05, 0.1) is 5.52 Å². The molecule has 0 aliphatic heterocycles. The number of benzene rings is 1. The molecule has 2 nitrogen and oxygen atoms in total. The fourth-order valence-electron chi connectivity index (χ4n) is 4.13. The lowest BCUT2D eigenvalue weighted by Gasteiger charge is -2.18. The number of fused-ring (bicyclic) bond motifs is 2. The van der Waals surface area contributed by atoms with Crippen molar-refractivity contribution in [3.05, 3.63) is 35.0 Å². The van der Waals surface area contributed by atoms with E-state index in [1.807, 2.05) is 0 Å². The molecular weight excluding hydrogens is 304 g/mol. The zero-order valence-electron chi connectivity index (χ0n) is 15.9. The number of nitrogen functional groups attached to an aromatic ring is 1. The molecule has 1 aromatic carbocycles. The van der Waals surface area contributed by atoms with Gasteiger partial charge in [-0.15, -0.1) is 0 Å². The maximum Gasteiger partial charge on any atom is 0.0726 e. The van der Waals surface area contributed by atoms with Gasteiger partial charge in [0.15, 0.2) is 0 Å². The second-order valence-electron chi connectivity index (χ2n) is 7.73. The molecular formula is C23H34N2. The minimum Gasteiger partial charge on any atom is -0.398 e. The van der Waals surface area contributed by atoms with Crippen molar-refractivity contribution in [1.82, 2.24) is 4.98 Å². The number of hydrogen-bond donors (Lipinski definition) is 1. The van der Waals surface area contributed by atoms with Crippen molar-refractivity contribution in [2.75, 3.05) is 5.73 Å². The van der Waals surface area contributed by atoms with E-state index in [1.165, 1.54) is 92.8 Å². The number of nitrogens with two attached hydrogens (primary N) is 1. The Morgan fingerprint density at radius 1 is 0.920 bits per heavy atom. The molecule has 2 heteroatoms. The molecule has 0 atom stereocenters. The highest BCUT2D eigenvalue weighted by molar-refractivity contribution is 5.92. The van der Waals surface area contributed by atoms with E-state index in [2.05, 4.69) is 25.1 Å². The molecule has 0 spiro atoms. The number of anilines is 1. The van der Waals surface area contributed by atoms with Crippen LogP contribution >= 0.6 is 0 Å². The van der Waals surface area contributed by atoms with Crippen molar-refractivity contribution in [2.24, 2.45) is 0 Å². The molecule has 2 N–H and O–H groups in total. The minimum absolute atomic E-state index is 0.998. The second-order valence-corrected chi connectivity index (χ2v) is 7.73. The number of rotatable bonds is 9.